The number of hydrogen-bond acceptors (Lipinski definition) is 5. The van der Waals surface area contributed by atoms with E-state index >= 15 is 0 Å². The molecule has 0 heterocycles. The molecule has 1 N–H and O–H groups in total. The van der Waals surface area contributed by atoms with Crippen LogP contribution in [0.2, 0.25) is 0 Å². The van der Waals surface area contributed by atoms with Crippen molar-refractivity contribution in [2.24, 2.45) is 4.99 Å². The van der Waals surface area contributed by atoms with E-state index in [1.165, 1.54) is 11.8 Å². The van der Waals surface area contributed by atoms with Crippen LogP contribution < -0.4 is 0 Å². The molecular weight excluding hydrogens is 252 g/mol. The molecule has 1 aromatic carbocycles. The highest BCUT2D eigenvalue weighted by Gasteiger charge is 2.10. The summed E-state index contributed by atoms with van der Waals surface area (Å²) in [6.45, 7) is 1.80. The highest BCUT2D eigenvalue weighted by Crippen LogP contribution is 2.15. The van der Waals surface area contributed by atoms with Gasteiger partial charge in [-0.2, -0.15) is 0 Å². The van der Waals surface area contributed by atoms with Crippen LogP contribution in [0.5, 0.6) is 0 Å². The van der Waals surface area contributed by atoms with E-state index in [1.54, 1.807) is 6.26 Å². The number of rotatable bonds is 5. The fourth-order valence-electron chi connectivity index (χ4n) is 1.46. The smallest absolute Gasteiger partial charge is 0.250 e. The van der Waals surface area contributed by atoms with E-state index in [2.05, 4.69) is 4.99 Å². The predicted molar refractivity (Wildman–Crippen MR) is 73.8 cm³/mol. The van der Waals surface area contributed by atoms with Crippen molar-refractivity contribution >= 4 is 16.8 Å². The maximum atomic E-state index is 10.4. The van der Waals surface area contributed by atoms with Gasteiger partial charge in [0.2, 0.25) is 0 Å². The molecule has 0 bridgehead atoms. The van der Waals surface area contributed by atoms with Crippen molar-refractivity contribution in [3.05, 3.63) is 45.5 Å². The predicted octanol–water partition coefficient (Wildman–Crippen LogP) is 2.07. The van der Waals surface area contributed by atoms with E-state index in [0.29, 0.717) is 5.04 Å². The van der Waals surface area contributed by atoms with Gasteiger partial charge < -0.3 is 5.11 Å². The topological polar surface area (TPSA) is 75.7 Å². The summed E-state index contributed by atoms with van der Waals surface area (Å²) in [5.41, 5.74) is 1.84. The van der Waals surface area contributed by atoms with Gasteiger partial charge >= 0.3 is 0 Å². The maximum absolute atomic E-state index is 10.4. The molecule has 0 amide bonds. The lowest BCUT2D eigenvalue weighted by atomic mass is 10.1. The van der Waals surface area contributed by atoms with Gasteiger partial charge in [-0.15, -0.1) is 11.8 Å². The number of aliphatic hydroxyl groups excluding tert-OH is 1. The maximum Gasteiger partial charge on any atom is 0.250 e. The number of aryl methyl sites for hydroxylation is 1. The third-order valence-corrected chi connectivity index (χ3v) is 3.10. The number of aliphatic imine (C=N–C) groups is 1. The first-order valence-corrected chi connectivity index (χ1v) is 6.69. The SMILES string of the molecule is CSC(C[N+](=O)[O-])=NCC(O)c1cccc(C)c1. The molecule has 6 heteroatoms. The Labute approximate surface area is 110 Å². The Bertz CT molecular complexity index is 449. The highest BCUT2D eigenvalue weighted by molar-refractivity contribution is 8.13. The molecule has 0 aliphatic rings. The van der Waals surface area contributed by atoms with E-state index in [9.17, 15) is 15.2 Å². The second-order valence-corrected chi connectivity index (χ2v) is 4.74. The van der Waals surface area contributed by atoms with Gasteiger partial charge in [0.05, 0.1) is 12.6 Å². The molecule has 5 nitrogen and oxygen atoms in total. The summed E-state index contributed by atoms with van der Waals surface area (Å²) >= 11 is 1.24. The zero-order valence-electron chi connectivity index (χ0n) is 10.4. The number of nitrogens with zero attached hydrogens (tertiary/aromatic N) is 2. The van der Waals surface area contributed by atoms with Crippen LogP contribution in [0.4, 0.5) is 0 Å². The van der Waals surface area contributed by atoms with Crippen LogP contribution in [0, 0.1) is 17.0 Å². The quantitative estimate of drug-likeness (QED) is 0.384. The molecule has 98 valence electrons. The summed E-state index contributed by atoms with van der Waals surface area (Å²) in [5.74, 6) is 0. The van der Waals surface area contributed by atoms with E-state index < -0.39 is 11.0 Å². The normalized spacial score (nSPS) is 13.4. The lowest BCUT2D eigenvalue weighted by molar-refractivity contribution is -0.462. The Balaban J connectivity index is 2.66. The van der Waals surface area contributed by atoms with Crippen LogP contribution in [-0.2, 0) is 0 Å². The number of thioether (sulfide) groups is 1. The molecule has 0 fully saturated rings. The molecule has 1 aromatic rings. The van der Waals surface area contributed by atoms with Crippen molar-refractivity contribution in [1.29, 1.82) is 0 Å². The molecule has 0 saturated heterocycles. The minimum Gasteiger partial charge on any atom is -0.386 e. The molecule has 0 aliphatic heterocycles. The van der Waals surface area contributed by atoms with Crippen molar-refractivity contribution in [2.45, 2.75) is 13.0 Å². The monoisotopic (exact) mass is 268 g/mol. The van der Waals surface area contributed by atoms with Crippen LogP contribution in [0.15, 0.2) is 29.3 Å². The average Bonchev–Trinajstić information content (AvgIpc) is 2.33. The molecule has 0 aromatic heterocycles. The van der Waals surface area contributed by atoms with E-state index in [1.807, 2.05) is 31.2 Å². The zero-order chi connectivity index (χ0) is 13.5. The van der Waals surface area contributed by atoms with E-state index in [-0.39, 0.29) is 13.1 Å². The third kappa shape index (κ3) is 4.85. The van der Waals surface area contributed by atoms with Crippen LogP contribution in [0.25, 0.3) is 0 Å². The Morgan fingerprint density at radius 3 is 2.89 bits per heavy atom. The second kappa shape index (κ2) is 7.13. The molecule has 0 aliphatic carbocycles. The zero-order valence-corrected chi connectivity index (χ0v) is 11.2. The lowest BCUT2D eigenvalue weighted by Crippen LogP contribution is -2.12. The van der Waals surface area contributed by atoms with Gasteiger partial charge in [-0.3, -0.25) is 15.1 Å². The molecule has 0 radical (unpaired) electrons. The molecule has 1 atom stereocenters. The number of aliphatic hydroxyl groups is 1. The van der Waals surface area contributed by atoms with Crippen LogP contribution in [0.1, 0.15) is 17.2 Å². The van der Waals surface area contributed by atoms with Gasteiger partial charge in [0.15, 0.2) is 0 Å². The number of hydrogen-bond donors (Lipinski definition) is 1. The van der Waals surface area contributed by atoms with E-state index in [4.69, 9.17) is 0 Å². The Hall–Kier alpha value is -1.40. The molecule has 1 rings (SSSR count). The Kier molecular flexibility index (Phi) is 5.80. The highest BCUT2D eigenvalue weighted by atomic mass is 32.2. The fourth-order valence-corrected chi connectivity index (χ4v) is 1.90. The van der Waals surface area contributed by atoms with Crippen molar-refractivity contribution < 1.29 is 10.0 Å². The van der Waals surface area contributed by atoms with Crippen LogP contribution in [-0.4, -0.2) is 34.4 Å². The van der Waals surface area contributed by atoms with Gasteiger partial charge in [-0.05, 0) is 18.7 Å². The Morgan fingerprint density at radius 1 is 1.61 bits per heavy atom. The first kappa shape index (κ1) is 14.7. The van der Waals surface area contributed by atoms with Gasteiger partial charge in [-0.1, -0.05) is 29.8 Å². The first-order chi connectivity index (χ1) is 8.52. The Morgan fingerprint density at radius 2 is 2.33 bits per heavy atom. The number of nitro groups is 1. The minimum atomic E-state index is -0.723. The van der Waals surface area contributed by atoms with Crippen molar-refractivity contribution in [3.63, 3.8) is 0 Å². The van der Waals surface area contributed by atoms with Gasteiger partial charge in [0.1, 0.15) is 5.04 Å². The van der Waals surface area contributed by atoms with Crippen molar-refractivity contribution in [3.8, 4) is 0 Å². The van der Waals surface area contributed by atoms with E-state index in [0.717, 1.165) is 11.1 Å². The summed E-state index contributed by atoms with van der Waals surface area (Å²) in [6.07, 6.45) is 1.01. The summed E-state index contributed by atoms with van der Waals surface area (Å²) in [6, 6.07) is 7.51. The fraction of sp³-hybridized carbons (Fsp3) is 0.417. The number of benzene rings is 1. The standard InChI is InChI=1S/C12H16N2O3S/c1-9-4-3-5-10(6-9)11(15)7-13-12(18-2)8-14(16)17/h3-6,11,15H,7-8H2,1-2H3. The molecule has 1 unspecified atom stereocenters. The van der Waals surface area contributed by atoms with Crippen LogP contribution >= 0.6 is 11.8 Å². The summed E-state index contributed by atoms with van der Waals surface area (Å²) in [7, 11) is 0. The molecule has 18 heavy (non-hydrogen) atoms. The lowest BCUT2D eigenvalue weighted by Gasteiger charge is -2.09. The summed E-state index contributed by atoms with van der Waals surface area (Å²) in [5, 5.41) is 20.7. The summed E-state index contributed by atoms with van der Waals surface area (Å²) < 4.78 is 0. The minimum absolute atomic E-state index is 0.146. The average molecular weight is 268 g/mol. The second-order valence-electron chi connectivity index (χ2n) is 3.86. The van der Waals surface area contributed by atoms with Gasteiger partial charge in [0, 0.05) is 4.92 Å². The van der Waals surface area contributed by atoms with Crippen molar-refractivity contribution in [2.75, 3.05) is 19.3 Å². The van der Waals surface area contributed by atoms with Gasteiger partial charge in [-0.25, -0.2) is 0 Å². The largest absolute Gasteiger partial charge is 0.386 e. The van der Waals surface area contributed by atoms with Crippen LogP contribution in [0.3, 0.4) is 0 Å². The third-order valence-electron chi connectivity index (χ3n) is 2.37. The molecule has 0 saturated carbocycles. The molecular formula is C12H16N2O3S. The first-order valence-electron chi connectivity index (χ1n) is 5.46. The molecule has 0 spiro atoms. The van der Waals surface area contributed by atoms with Gasteiger partial charge in [0.25, 0.3) is 6.54 Å². The van der Waals surface area contributed by atoms with Crippen molar-refractivity contribution in [1.82, 2.24) is 0 Å². The summed E-state index contributed by atoms with van der Waals surface area (Å²) in [4.78, 5) is 14.0.